The molecule has 27 heavy (non-hydrogen) atoms. The Hall–Kier alpha value is -2.29. The number of likely N-dealkylation sites (N-methyl/N-ethyl adjacent to an activating group) is 1. The van der Waals surface area contributed by atoms with Crippen LogP contribution >= 0.6 is 11.3 Å². The molecule has 142 valence electrons. The number of hydrogen-bond acceptors (Lipinski definition) is 8. The zero-order chi connectivity index (χ0) is 18.8. The van der Waals surface area contributed by atoms with Crippen molar-refractivity contribution in [2.24, 2.45) is 0 Å². The Bertz CT molecular complexity index is 890. The van der Waals surface area contributed by atoms with Gasteiger partial charge >= 0.3 is 0 Å². The molecule has 3 aromatic rings. The number of thiazole rings is 1. The fraction of sp³-hybridized carbons (Fsp3) is 0.421. The molecule has 0 bridgehead atoms. The van der Waals surface area contributed by atoms with Gasteiger partial charge in [0.1, 0.15) is 16.5 Å². The average molecular weight is 385 g/mol. The fourth-order valence-electron chi connectivity index (χ4n) is 3.02. The molecule has 1 N–H and O–H groups in total. The maximum Gasteiger partial charge on any atom is 0.277 e. The first-order valence-electron chi connectivity index (χ1n) is 9.07. The van der Waals surface area contributed by atoms with Crippen molar-refractivity contribution in [2.45, 2.75) is 26.0 Å². The van der Waals surface area contributed by atoms with Crippen LogP contribution in [0.4, 0.5) is 0 Å². The summed E-state index contributed by atoms with van der Waals surface area (Å²) in [6, 6.07) is 8.09. The van der Waals surface area contributed by atoms with Crippen LogP contribution in [-0.4, -0.2) is 52.8 Å². The van der Waals surface area contributed by atoms with Crippen LogP contribution in [-0.2, 0) is 0 Å². The topological polar surface area (TPSA) is 76.3 Å². The molecule has 2 aromatic heterocycles. The molecule has 1 atom stereocenters. The molecule has 3 heterocycles. The van der Waals surface area contributed by atoms with Gasteiger partial charge in [-0.15, -0.1) is 11.3 Å². The largest absolute Gasteiger partial charge is 0.491 e. The Labute approximate surface area is 162 Å². The van der Waals surface area contributed by atoms with Gasteiger partial charge in [0.25, 0.3) is 5.89 Å². The van der Waals surface area contributed by atoms with Crippen molar-refractivity contribution in [3.05, 3.63) is 35.5 Å². The molecule has 1 unspecified atom stereocenters. The zero-order valence-corrected chi connectivity index (χ0v) is 16.5. The van der Waals surface area contributed by atoms with Crippen molar-refractivity contribution in [1.29, 1.82) is 0 Å². The maximum atomic E-state index is 5.69. The highest BCUT2D eigenvalue weighted by molar-refractivity contribution is 7.13. The SMILES string of the molecule is CC(C)Oc1ccc(-c2nc(-c3nc(C4CNCCN4C)no3)cs2)cc1. The predicted molar refractivity (Wildman–Crippen MR) is 105 cm³/mol. The molecule has 1 aromatic carbocycles. The number of hydrogen-bond donors (Lipinski definition) is 1. The Morgan fingerprint density at radius 2 is 2.07 bits per heavy atom. The highest BCUT2D eigenvalue weighted by Crippen LogP contribution is 2.30. The summed E-state index contributed by atoms with van der Waals surface area (Å²) in [4.78, 5) is 11.5. The molecule has 1 fully saturated rings. The molecule has 0 saturated carbocycles. The molecule has 7 nitrogen and oxygen atoms in total. The predicted octanol–water partition coefficient (Wildman–Crippen LogP) is 3.22. The molecule has 1 saturated heterocycles. The van der Waals surface area contributed by atoms with Crippen LogP contribution in [0.5, 0.6) is 5.75 Å². The highest BCUT2D eigenvalue weighted by Gasteiger charge is 2.26. The second kappa shape index (κ2) is 7.75. The van der Waals surface area contributed by atoms with E-state index >= 15 is 0 Å². The summed E-state index contributed by atoms with van der Waals surface area (Å²) in [5, 5.41) is 10.4. The first-order chi connectivity index (χ1) is 13.1. The quantitative estimate of drug-likeness (QED) is 0.722. The Kier molecular flexibility index (Phi) is 5.20. The van der Waals surface area contributed by atoms with Gasteiger partial charge in [0, 0.05) is 30.6 Å². The minimum atomic E-state index is 0.128. The summed E-state index contributed by atoms with van der Waals surface area (Å²) in [5.74, 6) is 2.02. The van der Waals surface area contributed by atoms with E-state index in [0.29, 0.717) is 17.4 Å². The standard InChI is InChI=1S/C19H23N5O2S/c1-12(2)25-14-6-4-13(5-7-14)19-21-15(11-27-19)18-22-17(23-26-18)16-10-20-8-9-24(16)3/h4-7,11-12,16,20H,8-10H2,1-3H3. The molecule has 0 radical (unpaired) electrons. The van der Waals surface area contributed by atoms with Crippen LogP contribution in [0.15, 0.2) is 34.2 Å². The molecule has 0 amide bonds. The Balaban J connectivity index is 1.51. The Morgan fingerprint density at radius 1 is 1.26 bits per heavy atom. The second-order valence-electron chi connectivity index (χ2n) is 6.89. The maximum absolute atomic E-state index is 5.69. The number of aromatic nitrogens is 3. The van der Waals surface area contributed by atoms with E-state index in [9.17, 15) is 0 Å². The number of nitrogens with zero attached hydrogens (tertiary/aromatic N) is 4. The summed E-state index contributed by atoms with van der Waals surface area (Å²) < 4.78 is 11.2. The van der Waals surface area contributed by atoms with E-state index in [1.807, 2.05) is 43.5 Å². The van der Waals surface area contributed by atoms with Crippen molar-refractivity contribution < 1.29 is 9.26 Å². The number of piperazine rings is 1. The van der Waals surface area contributed by atoms with E-state index in [2.05, 4.69) is 32.4 Å². The van der Waals surface area contributed by atoms with Gasteiger partial charge in [0.15, 0.2) is 5.82 Å². The third-order valence-corrected chi connectivity index (χ3v) is 5.34. The van der Waals surface area contributed by atoms with Crippen molar-refractivity contribution in [2.75, 3.05) is 26.7 Å². The normalized spacial score (nSPS) is 18.1. The summed E-state index contributed by atoms with van der Waals surface area (Å²) in [7, 11) is 2.08. The first kappa shape index (κ1) is 18.1. The molecule has 4 rings (SSSR count). The number of ether oxygens (including phenoxy) is 1. The Morgan fingerprint density at radius 3 is 2.81 bits per heavy atom. The van der Waals surface area contributed by atoms with Gasteiger partial charge in [-0.05, 0) is 45.2 Å². The molecular weight excluding hydrogens is 362 g/mol. The van der Waals surface area contributed by atoms with E-state index in [1.54, 1.807) is 11.3 Å². The van der Waals surface area contributed by atoms with Crippen LogP contribution in [0.2, 0.25) is 0 Å². The minimum Gasteiger partial charge on any atom is -0.491 e. The van der Waals surface area contributed by atoms with E-state index in [4.69, 9.17) is 9.26 Å². The lowest BCUT2D eigenvalue weighted by Gasteiger charge is -2.30. The van der Waals surface area contributed by atoms with Gasteiger partial charge in [0.2, 0.25) is 0 Å². The van der Waals surface area contributed by atoms with Gasteiger partial charge in [-0.25, -0.2) is 4.98 Å². The molecule has 0 spiro atoms. The number of benzene rings is 1. The summed E-state index contributed by atoms with van der Waals surface area (Å²) in [6.07, 6.45) is 0.160. The van der Waals surface area contributed by atoms with Crippen molar-refractivity contribution in [3.63, 3.8) is 0 Å². The van der Waals surface area contributed by atoms with Crippen molar-refractivity contribution in [3.8, 4) is 27.9 Å². The summed E-state index contributed by atoms with van der Waals surface area (Å²) >= 11 is 1.56. The summed E-state index contributed by atoms with van der Waals surface area (Å²) in [5.41, 5.74) is 1.75. The lowest BCUT2D eigenvalue weighted by atomic mass is 10.2. The monoisotopic (exact) mass is 385 g/mol. The van der Waals surface area contributed by atoms with Crippen LogP contribution < -0.4 is 10.1 Å². The molecule has 1 aliphatic rings. The average Bonchev–Trinajstić information content (AvgIpc) is 3.32. The number of rotatable bonds is 5. The zero-order valence-electron chi connectivity index (χ0n) is 15.7. The van der Waals surface area contributed by atoms with E-state index < -0.39 is 0 Å². The van der Waals surface area contributed by atoms with Crippen LogP contribution in [0.25, 0.3) is 22.2 Å². The van der Waals surface area contributed by atoms with E-state index in [-0.39, 0.29) is 12.1 Å². The van der Waals surface area contributed by atoms with Crippen LogP contribution in [0, 0.1) is 0 Å². The van der Waals surface area contributed by atoms with Gasteiger partial charge < -0.3 is 14.6 Å². The molecule has 8 heteroatoms. The number of nitrogens with one attached hydrogen (secondary N) is 1. The lowest BCUT2D eigenvalue weighted by Crippen LogP contribution is -2.44. The first-order valence-corrected chi connectivity index (χ1v) is 9.95. The second-order valence-corrected chi connectivity index (χ2v) is 7.75. The molecule has 0 aliphatic carbocycles. The lowest BCUT2D eigenvalue weighted by molar-refractivity contribution is 0.190. The van der Waals surface area contributed by atoms with Crippen LogP contribution in [0.3, 0.4) is 0 Å². The minimum absolute atomic E-state index is 0.128. The third-order valence-electron chi connectivity index (χ3n) is 4.45. The van der Waals surface area contributed by atoms with E-state index in [0.717, 1.165) is 36.0 Å². The molecular formula is C19H23N5O2S. The van der Waals surface area contributed by atoms with Gasteiger partial charge in [-0.3, -0.25) is 4.90 Å². The van der Waals surface area contributed by atoms with Gasteiger partial charge in [-0.2, -0.15) is 4.98 Å². The third kappa shape index (κ3) is 4.02. The summed E-state index contributed by atoms with van der Waals surface area (Å²) in [6.45, 7) is 6.80. The highest BCUT2D eigenvalue weighted by atomic mass is 32.1. The molecule has 1 aliphatic heterocycles. The van der Waals surface area contributed by atoms with Crippen LogP contribution in [0.1, 0.15) is 25.7 Å². The van der Waals surface area contributed by atoms with Crippen molar-refractivity contribution >= 4 is 11.3 Å². The smallest absolute Gasteiger partial charge is 0.277 e. The van der Waals surface area contributed by atoms with Gasteiger partial charge in [-0.1, -0.05) is 5.16 Å². The van der Waals surface area contributed by atoms with Crippen molar-refractivity contribution in [1.82, 2.24) is 25.3 Å². The fourth-order valence-corrected chi connectivity index (χ4v) is 3.82. The van der Waals surface area contributed by atoms with Gasteiger partial charge in [0.05, 0.1) is 12.1 Å². The van der Waals surface area contributed by atoms with E-state index in [1.165, 1.54) is 0 Å².